The fourth-order valence-corrected chi connectivity index (χ4v) is 2.04. The number of nitrogens with zero attached hydrogens (tertiary/aromatic N) is 1. The number of rotatable bonds is 4. The van der Waals surface area contributed by atoms with Crippen molar-refractivity contribution in [2.45, 2.75) is 5.88 Å². The number of ether oxygens (including phenoxy) is 1. The summed E-state index contributed by atoms with van der Waals surface area (Å²) in [7, 11) is 0. The van der Waals surface area contributed by atoms with Gasteiger partial charge in [0.2, 0.25) is 0 Å². The molecule has 0 atom stereocenters. The minimum Gasteiger partial charge on any atom is -0.455 e. The molecule has 20 heavy (non-hydrogen) atoms. The van der Waals surface area contributed by atoms with Gasteiger partial charge in [0.1, 0.15) is 17.3 Å². The summed E-state index contributed by atoms with van der Waals surface area (Å²) < 4.78 is 19.0. The molecule has 2 rings (SSSR count). The summed E-state index contributed by atoms with van der Waals surface area (Å²) in [6, 6.07) is 8.04. The number of non-ortho nitro benzene ring substituents is 1. The first-order valence-corrected chi connectivity index (χ1v) is 6.39. The fraction of sp³-hybridized carbons (Fsp3) is 0.0769. The molecule has 0 aliphatic rings. The molecule has 0 aliphatic carbocycles. The van der Waals surface area contributed by atoms with Gasteiger partial charge in [-0.25, -0.2) is 4.39 Å². The summed E-state index contributed by atoms with van der Waals surface area (Å²) in [4.78, 5) is 10.0. The number of hydrogen-bond acceptors (Lipinski definition) is 3. The standard InChI is InChI=1S/C13H8Cl2FNO3/c14-7-9-11(16)2-1-3-12(9)20-13-5-4-8(17(18)19)6-10(13)15/h1-6H,7H2. The van der Waals surface area contributed by atoms with E-state index in [0.29, 0.717) is 0 Å². The molecule has 0 saturated carbocycles. The molecule has 0 amide bonds. The summed E-state index contributed by atoms with van der Waals surface area (Å²) in [5.74, 6) is -0.146. The quantitative estimate of drug-likeness (QED) is 0.457. The van der Waals surface area contributed by atoms with Crippen molar-refractivity contribution in [1.82, 2.24) is 0 Å². The molecule has 7 heteroatoms. The Morgan fingerprint density at radius 3 is 2.60 bits per heavy atom. The van der Waals surface area contributed by atoms with Gasteiger partial charge >= 0.3 is 0 Å². The van der Waals surface area contributed by atoms with E-state index < -0.39 is 10.7 Å². The van der Waals surface area contributed by atoms with Crippen LogP contribution in [0.5, 0.6) is 11.5 Å². The summed E-state index contributed by atoms with van der Waals surface area (Å²) >= 11 is 11.6. The first-order chi connectivity index (χ1) is 9.52. The van der Waals surface area contributed by atoms with E-state index in [1.165, 1.54) is 24.3 Å². The highest BCUT2D eigenvalue weighted by Gasteiger charge is 2.14. The molecule has 0 N–H and O–H groups in total. The molecule has 104 valence electrons. The van der Waals surface area contributed by atoms with Gasteiger partial charge in [-0.2, -0.15) is 0 Å². The number of benzene rings is 2. The monoisotopic (exact) mass is 315 g/mol. The van der Waals surface area contributed by atoms with Crippen LogP contribution in [0.2, 0.25) is 5.02 Å². The number of nitro benzene ring substituents is 1. The average Bonchev–Trinajstić information content (AvgIpc) is 2.41. The van der Waals surface area contributed by atoms with Crippen LogP contribution in [0, 0.1) is 15.9 Å². The van der Waals surface area contributed by atoms with Gasteiger partial charge < -0.3 is 4.74 Å². The zero-order valence-electron chi connectivity index (χ0n) is 9.98. The Balaban J connectivity index is 2.36. The highest BCUT2D eigenvalue weighted by Crippen LogP contribution is 2.34. The van der Waals surface area contributed by atoms with Gasteiger partial charge in [0, 0.05) is 17.7 Å². The van der Waals surface area contributed by atoms with Gasteiger partial charge in [-0.15, -0.1) is 11.6 Å². The van der Waals surface area contributed by atoms with Crippen LogP contribution >= 0.6 is 23.2 Å². The van der Waals surface area contributed by atoms with Crippen molar-refractivity contribution in [2.24, 2.45) is 0 Å². The maximum atomic E-state index is 13.5. The number of alkyl halides is 1. The summed E-state index contributed by atoms with van der Waals surface area (Å²) in [6.07, 6.45) is 0. The molecule has 0 unspecified atom stereocenters. The second kappa shape index (κ2) is 6.07. The highest BCUT2D eigenvalue weighted by molar-refractivity contribution is 6.32. The molecule has 0 bridgehead atoms. The minimum absolute atomic E-state index is 0.0592. The zero-order chi connectivity index (χ0) is 14.7. The van der Waals surface area contributed by atoms with E-state index in [-0.39, 0.29) is 33.7 Å². The average molecular weight is 316 g/mol. The Morgan fingerprint density at radius 2 is 2.00 bits per heavy atom. The van der Waals surface area contributed by atoms with Crippen LogP contribution in [0.1, 0.15) is 5.56 Å². The van der Waals surface area contributed by atoms with Crippen molar-refractivity contribution in [1.29, 1.82) is 0 Å². The van der Waals surface area contributed by atoms with Gasteiger partial charge in [0.15, 0.2) is 0 Å². The van der Waals surface area contributed by atoms with Crippen molar-refractivity contribution >= 4 is 28.9 Å². The largest absolute Gasteiger partial charge is 0.455 e. The molecule has 0 aromatic heterocycles. The van der Waals surface area contributed by atoms with Gasteiger partial charge in [-0.3, -0.25) is 10.1 Å². The normalized spacial score (nSPS) is 10.3. The lowest BCUT2D eigenvalue weighted by atomic mass is 10.2. The van der Waals surface area contributed by atoms with Crippen LogP contribution in [0.4, 0.5) is 10.1 Å². The van der Waals surface area contributed by atoms with Crippen LogP contribution in [0.15, 0.2) is 36.4 Å². The lowest BCUT2D eigenvalue weighted by Gasteiger charge is -2.11. The van der Waals surface area contributed by atoms with Crippen molar-refractivity contribution in [3.05, 3.63) is 62.9 Å². The molecular weight excluding hydrogens is 308 g/mol. The Bertz CT molecular complexity index is 664. The fourth-order valence-electron chi connectivity index (χ4n) is 1.57. The summed E-state index contributed by atoms with van der Waals surface area (Å²) in [5, 5.41) is 10.7. The third-order valence-corrected chi connectivity index (χ3v) is 3.12. The van der Waals surface area contributed by atoms with Crippen molar-refractivity contribution in [3.63, 3.8) is 0 Å². The van der Waals surface area contributed by atoms with E-state index in [1.54, 1.807) is 6.07 Å². The first-order valence-electron chi connectivity index (χ1n) is 5.48. The maximum absolute atomic E-state index is 13.5. The summed E-state index contributed by atoms with van der Waals surface area (Å²) in [6.45, 7) is 0. The minimum atomic E-state index is -0.567. The predicted molar refractivity (Wildman–Crippen MR) is 74.1 cm³/mol. The molecule has 0 fully saturated rings. The molecule has 0 aliphatic heterocycles. The zero-order valence-corrected chi connectivity index (χ0v) is 11.5. The topological polar surface area (TPSA) is 52.4 Å². The molecule has 0 heterocycles. The molecule has 2 aromatic rings. The van der Waals surface area contributed by atoms with Crippen LogP contribution < -0.4 is 4.74 Å². The third-order valence-electron chi connectivity index (χ3n) is 2.56. The molecule has 2 aromatic carbocycles. The lowest BCUT2D eigenvalue weighted by Crippen LogP contribution is -1.94. The van der Waals surface area contributed by atoms with E-state index >= 15 is 0 Å². The van der Waals surface area contributed by atoms with Crippen molar-refractivity contribution in [3.8, 4) is 11.5 Å². The molecule has 0 saturated heterocycles. The van der Waals surface area contributed by atoms with Gasteiger partial charge in [0.25, 0.3) is 5.69 Å². The van der Waals surface area contributed by atoms with Crippen LogP contribution in [0.25, 0.3) is 0 Å². The predicted octanol–water partition coefficient (Wildman–Crippen LogP) is 4.92. The van der Waals surface area contributed by atoms with Crippen molar-refractivity contribution < 1.29 is 14.1 Å². The van der Waals surface area contributed by atoms with E-state index in [4.69, 9.17) is 27.9 Å². The smallest absolute Gasteiger partial charge is 0.271 e. The molecule has 0 spiro atoms. The van der Waals surface area contributed by atoms with Gasteiger partial charge in [-0.1, -0.05) is 17.7 Å². The Labute approximate surface area is 123 Å². The molecule has 0 radical (unpaired) electrons. The van der Waals surface area contributed by atoms with E-state index in [9.17, 15) is 14.5 Å². The number of hydrogen-bond donors (Lipinski definition) is 0. The second-order valence-corrected chi connectivity index (χ2v) is 4.50. The SMILES string of the molecule is O=[N+]([O-])c1ccc(Oc2cccc(F)c2CCl)c(Cl)c1. The van der Waals surface area contributed by atoms with Gasteiger partial charge in [0.05, 0.1) is 15.8 Å². The van der Waals surface area contributed by atoms with Gasteiger partial charge in [-0.05, 0) is 18.2 Å². The number of halogens is 3. The Morgan fingerprint density at radius 1 is 1.25 bits per heavy atom. The number of nitro groups is 1. The van der Waals surface area contributed by atoms with E-state index in [0.717, 1.165) is 6.07 Å². The third kappa shape index (κ3) is 3.00. The maximum Gasteiger partial charge on any atom is 0.271 e. The Kier molecular flexibility index (Phi) is 4.42. The first kappa shape index (κ1) is 14.6. The van der Waals surface area contributed by atoms with Crippen LogP contribution in [0.3, 0.4) is 0 Å². The van der Waals surface area contributed by atoms with Crippen molar-refractivity contribution in [2.75, 3.05) is 0 Å². The van der Waals surface area contributed by atoms with E-state index in [1.807, 2.05) is 0 Å². The summed E-state index contributed by atoms with van der Waals surface area (Å²) in [5.41, 5.74) is 0.0442. The van der Waals surface area contributed by atoms with Crippen LogP contribution in [-0.2, 0) is 5.88 Å². The second-order valence-electron chi connectivity index (χ2n) is 3.82. The van der Waals surface area contributed by atoms with Crippen LogP contribution in [-0.4, -0.2) is 4.92 Å². The highest BCUT2D eigenvalue weighted by atomic mass is 35.5. The molecule has 4 nitrogen and oxygen atoms in total. The van der Waals surface area contributed by atoms with E-state index in [2.05, 4.69) is 0 Å². The Hall–Kier alpha value is -1.85. The lowest BCUT2D eigenvalue weighted by molar-refractivity contribution is -0.384. The molecular formula is C13H8Cl2FNO3.